The largest absolute Gasteiger partial charge is 0.474 e. The van der Waals surface area contributed by atoms with E-state index in [1.165, 1.54) is 23.3 Å². The molecule has 1 saturated carbocycles. The Morgan fingerprint density at radius 3 is 2.68 bits per heavy atom. The number of aromatic nitrogens is 2. The third-order valence-electron chi connectivity index (χ3n) is 3.81. The van der Waals surface area contributed by atoms with Gasteiger partial charge in [0.1, 0.15) is 17.3 Å². The molecule has 1 aliphatic rings. The minimum Gasteiger partial charge on any atom is -0.474 e. The maximum absolute atomic E-state index is 6.16. The summed E-state index contributed by atoms with van der Waals surface area (Å²) in [4.78, 5) is 11.1. The second kappa shape index (κ2) is 5.52. The quantitative estimate of drug-likeness (QED) is 0.564. The van der Waals surface area contributed by atoms with Gasteiger partial charge in [-0.2, -0.15) is 0 Å². The van der Waals surface area contributed by atoms with Crippen LogP contribution in [0.4, 0.5) is 0 Å². The number of hydrogen-bond acceptors (Lipinski definition) is 4. The average Bonchev–Trinajstić information content (AvgIpc) is 2.69. The Bertz CT molecular complexity index is 590. The highest BCUT2D eigenvalue weighted by Gasteiger charge is 2.22. The fourth-order valence-corrected chi connectivity index (χ4v) is 4.24. The van der Waals surface area contributed by atoms with Crippen LogP contribution in [0.2, 0.25) is 0 Å². The average molecular weight is 388 g/mol. The summed E-state index contributed by atoms with van der Waals surface area (Å²) in [6, 6.07) is 0. The zero-order valence-electron chi connectivity index (χ0n) is 11.1. The Hall–Kier alpha value is -0.430. The van der Waals surface area contributed by atoms with Crippen molar-refractivity contribution in [1.29, 1.82) is 0 Å². The summed E-state index contributed by atoms with van der Waals surface area (Å²) in [7, 11) is 0. The van der Waals surface area contributed by atoms with Crippen LogP contribution in [0.1, 0.15) is 36.1 Å². The first-order chi connectivity index (χ1) is 9.15. The van der Waals surface area contributed by atoms with E-state index in [9.17, 15) is 0 Å². The van der Waals surface area contributed by atoms with E-state index in [1.807, 2.05) is 0 Å². The monoisotopic (exact) mass is 388 g/mol. The second-order valence-corrected chi connectivity index (χ2v) is 8.10. The molecule has 19 heavy (non-hydrogen) atoms. The van der Waals surface area contributed by atoms with Crippen molar-refractivity contribution in [1.82, 2.24) is 9.97 Å². The molecule has 102 valence electrons. The van der Waals surface area contributed by atoms with Crippen molar-refractivity contribution in [2.45, 2.75) is 49.6 Å². The van der Waals surface area contributed by atoms with E-state index in [4.69, 9.17) is 4.74 Å². The van der Waals surface area contributed by atoms with Crippen LogP contribution < -0.4 is 4.74 Å². The number of rotatable bonds is 2. The normalized spacial score (nSPS) is 23.7. The third kappa shape index (κ3) is 2.72. The molecular weight excluding hydrogens is 371 g/mol. The van der Waals surface area contributed by atoms with Gasteiger partial charge < -0.3 is 4.74 Å². The Morgan fingerprint density at radius 2 is 1.95 bits per heavy atom. The van der Waals surface area contributed by atoms with Gasteiger partial charge in [0, 0.05) is 8.80 Å². The summed E-state index contributed by atoms with van der Waals surface area (Å²) in [5, 5.41) is 1.11. The van der Waals surface area contributed by atoms with Gasteiger partial charge in [0.05, 0.1) is 5.39 Å². The lowest BCUT2D eigenvalue weighted by molar-refractivity contribution is 0.154. The molecule has 0 radical (unpaired) electrons. The lowest BCUT2D eigenvalue weighted by Gasteiger charge is -2.25. The van der Waals surface area contributed by atoms with Crippen LogP contribution >= 0.6 is 33.9 Å². The number of aryl methyl sites for hydroxylation is 2. The molecule has 0 aromatic carbocycles. The van der Waals surface area contributed by atoms with Crippen LogP contribution in [-0.2, 0) is 0 Å². The second-order valence-electron chi connectivity index (χ2n) is 5.13. The van der Waals surface area contributed by atoms with Gasteiger partial charge in [-0.1, -0.05) is 22.6 Å². The van der Waals surface area contributed by atoms with E-state index in [-0.39, 0.29) is 0 Å². The van der Waals surface area contributed by atoms with Gasteiger partial charge in [0.2, 0.25) is 5.88 Å². The molecule has 3 nitrogen and oxygen atoms in total. The first-order valence-corrected chi connectivity index (χ1v) is 8.73. The smallest absolute Gasteiger partial charge is 0.225 e. The predicted octanol–water partition coefficient (Wildman–Crippen LogP) is 4.43. The highest BCUT2D eigenvalue weighted by Crippen LogP contribution is 2.35. The molecule has 0 spiro atoms. The van der Waals surface area contributed by atoms with Gasteiger partial charge in [0.25, 0.3) is 0 Å². The molecule has 1 fully saturated rings. The fraction of sp³-hybridized carbons (Fsp3) is 0.571. The molecule has 2 aromatic rings. The molecule has 2 aromatic heterocycles. The minimum atomic E-state index is 0.323. The van der Waals surface area contributed by atoms with E-state index >= 15 is 0 Å². The lowest BCUT2D eigenvalue weighted by Crippen LogP contribution is -2.24. The zero-order chi connectivity index (χ0) is 13.4. The van der Waals surface area contributed by atoms with Crippen LogP contribution in [0, 0.1) is 13.8 Å². The van der Waals surface area contributed by atoms with Gasteiger partial charge in [-0.3, -0.25) is 0 Å². The van der Waals surface area contributed by atoms with Gasteiger partial charge >= 0.3 is 0 Å². The molecule has 1 aliphatic carbocycles. The summed E-state index contributed by atoms with van der Waals surface area (Å²) < 4.78 is 6.98. The van der Waals surface area contributed by atoms with Crippen LogP contribution in [0.3, 0.4) is 0 Å². The predicted molar refractivity (Wildman–Crippen MR) is 87.6 cm³/mol. The van der Waals surface area contributed by atoms with E-state index in [0.717, 1.165) is 32.9 Å². The number of fused-ring (bicyclic) bond motifs is 1. The van der Waals surface area contributed by atoms with E-state index in [1.54, 1.807) is 17.7 Å². The molecule has 0 N–H and O–H groups in total. The van der Waals surface area contributed by atoms with Gasteiger partial charge in [-0.15, -0.1) is 11.3 Å². The highest BCUT2D eigenvalue weighted by atomic mass is 127. The van der Waals surface area contributed by atoms with Crippen molar-refractivity contribution in [3.05, 3.63) is 16.8 Å². The van der Waals surface area contributed by atoms with Crippen molar-refractivity contribution in [3.63, 3.8) is 0 Å². The standard InChI is InChI=1S/C14H17IN2OS/c1-8-9(2)19-14-12(8)13(16-7-17-14)18-11-5-3-10(15)4-6-11/h7,10-11H,3-6H2,1-2H3. The Balaban J connectivity index is 1.88. The van der Waals surface area contributed by atoms with E-state index in [0.29, 0.717) is 6.10 Å². The summed E-state index contributed by atoms with van der Waals surface area (Å²) in [6.07, 6.45) is 6.73. The van der Waals surface area contributed by atoms with E-state index < -0.39 is 0 Å². The highest BCUT2D eigenvalue weighted by molar-refractivity contribution is 14.1. The minimum absolute atomic E-state index is 0.323. The van der Waals surface area contributed by atoms with E-state index in [2.05, 4.69) is 46.4 Å². The molecule has 0 amide bonds. The van der Waals surface area contributed by atoms with Gasteiger partial charge in [-0.05, 0) is 45.1 Å². The third-order valence-corrected chi connectivity index (χ3v) is 6.17. The maximum atomic E-state index is 6.16. The fourth-order valence-electron chi connectivity index (χ4n) is 2.54. The number of halogens is 1. The zero-order valence-corrected chi connectivity index (χ0v) is 14.1. The summed E-state index contributed by atoms with van der Waals surface area (Å²) >= 11 is 4.26. The van der Waals surface area contributed by atoms with Crippen molar-refractivity contribution < 1.29 is 4.74 Å². The number of nitrogens with zero attached hydrogens (tertiary/aromatic N) is 2. The molecule has 0 atom stereocenters. The van der Waals surface area contributed by atoms with Crippen LogP contribution in [0.15, 0.2) is 6.33 Å². The number of hydrogen-bond donors (Lipinski definition) is 0. The van der Waals surface area contributed by atoms with Crippen LogP contribution in [-0.4, -0.2) is 20.0 Å². The number of thiophene rings is 1. The van der Waals surface area contributed by atoms with Gasteiger partial charge in [-0.25, -0.2) is 9.97 Å². The Labute approximate surface area is 130 Å². The van der Waals surface area contributed by atoms with Crippen molar-refractivity contribution in [3.8, 4) is 5.88 Å². The first kappa shape index (κ1) is 13.5. The van der Waals surface area contributed by atoms with Crippen molar-refractivity contribution >= 4 is 44.1 Å². The van der Waals surface area contributed by atoms with Crippen LogP contribution in [0.5, 0.6) is 5.88 Å². The molecule has 2 heterocycles. The molecular formula is C14H17IN2OS. The summed E-state index contributed by atoms with van der Waals surface area (Å²) in [6.45, 7) is 4.26. The SMILES string of the molecule is Cc1sc2ncnc(OC3CCC(I)CC3)c2c1C. The van der Waals surface area contributed by atoms with Gasteiger partial charge in [0.15, 0.2) is 0 Å². The molecule has 0 saturated heterocycles. The first-order valence-electron chi connectivity index (χ1n) is 6.66. The number of ether oxygens (including phenoxy) is 1. The van der Waals surface area contributed by atoms with Crippen LogP contribution in [0.25, 0.3) is 10.2 Å². The maximum Gasteiger partial charge on any atom is 0.225 e. The Kier molecular flexibility index (Phi) is 3.93. The summed E-state index contributed by atoms with van der Waals surface area (Å²) in [5.74, 6) is 0.781. The van der Waals surface area contributed by atoms with Crippen molar-refractivity contribution in [2.24, 2.45) is 0 Å². The molecule has 3 rings (SSSR count). The molecule has 0 aliphatic heterocycles. The molecule has 0 unspecified atom stereocenters. The van der Waals surface area contributed by atoms with Crippen molar-refractivity contribution in [2.75, 3.05) is 0 Å². The lowest BCUT2D eigenvalue weighted by atomic mass is 9.98. The Morgan fingerprint density at radius 1 is 1.21 bits per heavy atom. The topological polar surface area (TPSA) is 35.0 Å². The molecule has 0 bridgehead atoms. The molecule has 5 heteroatoms. The number of alkyl halides is 1. The summed E-state index contributed by atoms with van der Waals surface area (Å²) in [5.41, 5.74) is 1.26.